The average molecular weight is 397 g/mol. The molecule has 1 amide bonds. The lowest BCUT2D eigenvalue weighted by Gasteiger charge is -2.36. The Morgan fingerprint density at radius 2 is 2.08 bits per heavy atom. The molecule has 0 spiro atoms. The number of fused-ring (bicyclic) bond motifs is 1. The summed E-state index contributed by atoms with van der Waals surface area (Å²) < 4.78 is 23.1. The van der Waals surface area contributed by atoms with Gasteiger partial charge < -0.3 is 14.2 Å². The number of benzene rings is 1. The first-order valence-electron chi connectivity index (χ1n) is 8.13. The summed E-state index contributed by atoms with van der Waals surface area (Å²) in [7, 11) is 0. The lowest BCUT2D eigenvalue weighted by molar-refractivity contribution is 0.00708. The molecule has 24 heavy (non-hydrogen) atoms. The second kappa shape index (κ2) is 6.39. The van der Waals surface area contributed by atoms with Crippen LogP contribution in [-0.2, 0) is 4.74 Å². The van der Waals surface area contributed by atoms with Crippen molar-refractivity contribution in [3.63, 3.8) is 0 Å². The maximum Gasteiger partial charge on any atom is 0.410 e. The van der Waals surface area contributed by atoms with Crippen molar-refractivity contribution < 1.29 is 13.9 Å². The normalized spacial score (nSPS) is 22.0. The van der Waals surface area contributed by atoms with Crippen molar-refractivity contribution in [2.24, 2.45) is 0 Å². The van der Waals surface area contributed by atoms with Gasteiger partial charge in [0.25, 0.3) is 0 Å². The smallest absolute Gasteiger partial charge is 0.410 e. The zero-order valence-electron chi connectivity index (χ0n) is 14.1. The standard InChI is InChI=1S/C18H22BrFN2O2/c1-18(2,3)24-17(23)21-9-8-16(14(20)11-21)22-10-7-12-13(19)5-4-6-15(12)22/h4-7,10,14,16H,8-9,11H2,1-3H3. The van der Waals surface area contributed by atoms with E-state index in [9.17, 15) is 9.18 Å². The Morgan fingerprint density at radius 3 is 2.75 bits per heavy atom. The Labute approximate surface area is 149 Å². The maximum absolute atomic E-state index is 14.8. The largest absolute Gasteiger partial charge is 0.444 e. The van der Waals surface area contributed by atoms with Gasteiger partial charge in [0.15, 0.2) is 0 Å². The number of hydrogen-bond acceptors (Lipinski definition) is 2. The van der Waals surface area contributed by atoms with E-state index in [-0.39, 0.29) is 12.6 Å². The van der Waals surface area contributed by atoms with E-state index < -0.39 is 17.9 Å². The number of amides is 1. The van der Waals surface area contributed by atoms with Crippen LogP contribution in [-0.4, -0.2) is 40.4 Å². The molecule has 6 heteroatoms. The number of hydrogen-bond donors (Lipinski definition) is 0. The number of likely N-dealkylation sites (tertiary alicyclic amines) is 1. The van der Waals surface area contributed by atoms with E-state index in [0.717, 1.165) is 15.4 Å². The summed E-state index contributed by atoms with van der Waals surface area (Å²) in [5.41, 5.74) is 0.436. The quantitative estimate of drug-likeness (QED) is 0.684. The predicted molar refractivity (Wildman–Crippen MR) is 96.0 cm³/mol. The van der Waals surface area contributed by atoms with Crippen molar-refractivity contribution in [1.82, 2.24) is 9.47 Å². The Hall–Kier alpha value is -1.56. The van der Waals surface area contributed by atoms with Crippen LogP contribution in [0.15, 0.2) is 34.9 Å². The number of nitrogens with zero attached hydrogens (tertiary/aromatic N) is 2. The number of piperidine rings is 1. The van der Waals surface area contributed by atoms with E-state index in [4.69, 9.17) is 4.74 Å². The number of carbonyl (C=O) groups is 1. The highest BCUT2D eigenvalue weighted by atomic mass is 79.9. The first kappa shape index (κ1) is 17.3. The average Bonchev–Trinajstić information content (AvgIpc) is 2.90. The van der Waals surface area contributed by atoms with Gasteiger partial charge in [-0.15, -0.1) is 0 Å². The van der Waals surface area contributed by atoms with Crippen molar-refractivity contribution in [1.29, 1.82) is 0 Å². The van der Waals surface area contributed by atoms with Gasteiger partial charge in [-0.1, -0.05) is 22.0 Å². The molecule has 3 rings (SSSR count). The molecule has 1 aromatic heterocycles. The summed E-state index contributed by atoms with van der Waals surface area (Å²) >= 11 is 3.53. The highest BCUT2D eigenvalue weighted by Crippen LogP contribution is 2.32. The van der Waals surface area contributed by atoms with E-state index in [0.29, 0.717) is 13.0 Å². The van der Waals surface area contributed by atoms with Crippen molar-refractivity contribution in [2.75, 3.05) is 13.1 Å². The molecule has 2 heterocycles. The van der Waals surface area contributed by atoms with Crippen molar-refractivity contribution in [2.45, 2.75) is 45.0 Å². The third-order valence-corrected chi connectivity index (χ3v) is 4.92. The molecule has 1 fully saturated rings. The summed E-state index contributed by atoms with van der Waals surface area (Å²) in [5, 5.41) is 1.07. The molecule has 4 nitrogen and oxygen atoms in total. The van der Waals surface area contributed by atoms with Crippen molar-refractivity contribution in [3.05, 3.63) is 34.9 Å². The minimum absolute atomic E-state index is 0.0628. The van der Waals surface area contributed by atoms with Crippen LogP contribution in [0.25, 0.3) is 10.9 Å². The van der Waals surface area contributed by atoms with Gasteiger partial charge in [-0.05, 0) is 45.4 Å². The van der Waals surface area contributed by atoms with E-state index >= 15 is 0 Å². The highest BCUT2D eigenvalue weighted by molar-refractivity contribution is 9.10. The molecule has 1 saturated heterocycles. The number of carbonyl (C=O) groups excluding carboxylic acids is 1. The molecule has 2 unspecified atom stereocenters. The number of aromatic nitrogens is 1. The fraction of sp³-hybridized carbons (Fsp3) is 0.500. The molecular weight excluding hydrogens is 375 g/mol. The molecule has 0 aliphatic carbocycles. The van der Waals surface area contributed by atoms with Crippen LogP contribution in [0.5, 0.6) is 0 Å². The lowest BCUT2D eigenvalue weighted by atomic mass is 10.0. The summed E-state index contributed by atoms with van der Waals surface area (Å²) in [4.78, 5) is 13.6. The van der Waals surface area contributed by atoms with E-state index in [1.807, 2.05) is 55.8 Å². The van der Waals surface area contributed by atoms with Gasteiger partial charge in [-0.3, -0.25) is 0 Å². The monoisotopic (exact) mass is 396 g/mol. The zero-order valence-corrected chi connectivity index (χ0v) is 15.7. The van der Waals surface area contributed by atoms with Gasteiger partial charge in [-0.25, -0.2) is 9.18 Å². The van der Waals surface area contributed by atoms with Crippen molar-refractivity contribution in [3.8, 4) is 0 Å². The lowest BCUT2D eigenvalue weighted by Crippen LogP contribution is -2.47. The zero-order chi connectivity index (χ0) is 17.5. The van der Waals surface area contributed by atoms with Crippen LogP contribution in [0.3, 0.4) is 0 Å². The molecule has 1 aliphatic heterocycles. The molecular formula is C18H22BrFN2O2. The molecule has 1 aromatic carbocycles. The van der Waals surface area contributed by atoms with Gasteiger partial charge in [0, 0.05) is 28.1 Å². The Balaban J connectivity index is 1.76. The van der Waals surface area contributed by atoms with Crippen LogP contribution < -0.4 is 0 Å². The Morgan fingerprint density at radius 1 is 1.33 bits per heavy atom. The van der Waals surface area contributed by atoms with Crippen LogP contribution in [0.4, 0.5) is 9.18 Å². The molecule has 2 atom stereocenters. The van der Waals surface area contributed by atoms with Crippen LogP contribution in [0.1, 0.15) is 33.2 Å². The van der Waals surface area contributed by atoms with Gasteiger partial charge in [0.05, 0.1) is 12.6 Å². The van der Waals surface area contributed by atoms with Gasteiger partial charge in [-0.2, -0.15) is 0 Å². The summed E-state index contributed by atoms with van der Waals surface area (Å²) in [5.74, 6) is 0. The summed E-state index contributed by atoms with van der Waals surface area (Å²) in [6.45, 7) is 6.00. The van der Waals surface area contributed by atoms with Gasteiger partial charge in [0.1, 0.15) is 11.8 Å². The van der Waals surface area contributed by atoms with Crippen LogP contribution in [0.2, 0.25) is 0 Å². The van der Waals surface area contributed by atoms with Crippen molar-refractivity contribution >= 4 is 32.9 Å². The van der Waals surface area contributed by atoms with Crippen LogP contribution in [0, 0.1) is 0 Å². The molecule has 130 valence electrons. The highest BCUT2D eigenvalue weighted by Gasteiger charge is 2.34. The minimum Gasteiger partial charge on any atom is -0.444 e. The fourth-order valence-corrected chi connectivity index (χ4v) is 3.63. The Bertz CT molecular complexity index is 753. The molecule has 0 N–H and O–H groups in total. The van der Waals surface area contributed by atoms with E-state index in [1.165, 1.54) is 4.90 Å². The molecule has 0 bridgehead atoms. The van der Waals surface area contributed by atoms with Gasteiger partial charge >= 0.3 is 6.09 Å². The fourth-order valence-electron chi connectivity index (χ4n) is 3.14. The second-order valence-corrected chi connectivity index (χ2v) is 8.05. The first-order chi connectivity index (χ1) is 11.3. The molecule has 0 saturated carbocycles. The summed E-state index contributed by atoms with van der Waals surface area (Å²) in [6, 6.07) is 7.64. The number of ether oxygens (including phenoxy) is 1. The topological polar surface area (TPSA) is 34.5 Å². The van der Waals surface area contributed by atoms with E-state index in [1.54, 1.807) is 0 Å². The SMILES string of the molecule is CC(C)(C)OC(=O)N1CCC(n2ccc3c(Br)cccc32)C(F)C1. The minimum atomic E-state index is -1.12. The number of alkyl halides is 1. The molecule has 2 aromatic rings. The third kappa shape index (κ3) is 3.43. The van der Waals surface area contributed by atoms with E-state index in [2.05, 4.69) is 15.9 Å². The maximum atomic E-state index is 14.8. The van der Waals surface area contributed by atoms with Gasteiger partial charge in [0.2, 0.25) is 0 Å². The third-order valence-electron chi connectivity index (χ3n) is 4.23. The molecule has 1 aliphatic rings. The molecule has 0 radical (unpaired) electrons. The van der Waals surface area contributed by atoms with Crippen LogP contribution >= 0.6 is 15.9 Å². The predicted octanol–water partition coefficient (Wildman–Crippen LogP) is 4.92. The number of rotatable bonds is 1. The second-order valence-electron chi connectivity index (χ2n) is 7.19. The first-order valence-corrected chi connectivity index (χ1v) is 8.92. The Kier molecular flexibility index (Phi) is 4.60. The number of halogens is 2. The summed E-state index contributed by atoms with van der Waals surface area (Å²) in [6.07, 6.45) is 0.927.